The van der Waals surface area contributed by atoms with E-state index in [1.54, 1.807) is 13.1 Å². The molecule has 5 heteroatoms. The van der Waals surface area contributed by atoms with E-state index in [2.05, 4.69) is 5.10 Å². The van der Waals surface area contributed by atoms with Crippen LogP contribution < -0.4 is 5.56 Å². The maximum atomic E-state index is 12.0. The maximum absolute atomic E-state index is 12.0. The molecule has 0 aliphatic carbocycles. The van der Waals surface area contributed by atoms with Gasteiger partial charge in [0, 0.05) is 24.6 Å². The molecule has 0 bridgehead atoms. The number of aromatic nitrogens is 2. The third kappa shape index (κ3) is 3.58. The van der Waals surface area contributed by atoms with Crippen LogP contribution in [0.2, 0.25) is 0 Å². The van der Waals surface area contributed by atoms with Gasteiger partial charge in [0.05, 0.1) is 5.69 Å². The molecule has 0 aliphatic heterocycles. The lowest BCUT2D eigenvalue weighted by molar-refractivity contribution is -0.111. The van der Waals surface area contributed by atoms with Gasteiger partial charge in [0.2, 0.25) is 5.24 Å². The molecule has 0 fully saturated rings. The normalized spacial score (nSPS) is 10.7. The van der Waals surface area contributed by atoms with Crippen molar-refractivity contribution in [1.82, 2.24) is 9.78 Å². The van der Waals surface area contributed by atoms with Gasteiger partial charge in [-0.25, -0.2) is 4.68 Å². The number of nitrogens with zero attached hydrogens (tertiary/aromatic N) is 2. The first-order valence-corrected chi connectivity index (χ1v) is 7.09. The Morgan fingerprint density at radius 2 is 1.95 bits per heavy atom. The quantitative estimate of drug-likeness (QED) is 0.816. The SMILES string of the molecule is Cc1ccc(-c2cc(CCC(=O)Cl)c(=O)n(C)n2)cc1C. The molecule has 0 saturated carbocycles. The maximum Gasteiger partial charge on any atom is 0.269 e. The van der Waals surface area contributed by atoms with Gasteiger partial charge in [-0.3, -0.25) is 9.59 Å². The van der Waals surface area contributed by atoms with Gasteiger partial charge in [0.1, 0.15) is 0 Å². The summed E-state index contributed by atoms with van der Waals surface area (Å²) in [5.41, 5.74) is 4.40. The lowest BCUT2D eigenvalue weighted by atomic mass is 10.0. The summed E-state index contributed by atoms with van der Waals surface area (Å²) in [5.74, 6) is 0. The molecule has 1 aromatic carbocycles. The van der Waals surface area contributed by atoms with E-state index in [-0.39, 0.29) is 12.0 Å². The van der Waals surface area contributed by atoms with Crippen LogP contribution in [0.15, 0.2) is 29.1 Å². The molecule has 4 nitrogen and oxygen atoms in total. The van der Waals surface area contributed by atoms with Crippen molar-refractivity contribution in [2.45, 2.75) is 26.7 Å². The van der Waals surface area contributed by atoms with Gasteiger partial charge in [-0.15, -0.1) is 0 Å². The molecule has 2 aromatic rings. The summed E-state index contributed by atoms with van der Waals surface area (Å²) in [5, 5.41) is 3.84. The molecular weight excluding hydrogens is 288 g/mol. The van der Waals surface area contributed by atoms with E-state index in [9.17, 15) is 9.59 Å². The van der Waals surface area contributed by atoms with Crippen LogP contribution in [0.25, 0.3) is 11.3 Å². The third-order valence-electron chi connectivity index (χ3n) is 3.53. The molecule has 1 heterocycles. The Balaban J connectivity index is 2.47. The van der Waals surface area contributed by atoms with Crippen molar-refractivity contribution in [2.24, 2.45) is 7.05 Å². The number of hydrogen-bond donors (Lipinski definition) is 0. The van der Waals surface area contributed by atoms with Gasteiger partial charge in [-0.05, 0) is 55.1 Å². The minimum atomic E-state index is -0.443. The van der Waals surface area contributed by atoms with Crippen molar-refractivity contribution in [3.8, 4) is 11.3 Å². The lowest BCUT2D eigenvalue weighted by Gasteiger charge is -2.08. The summed E-state index contributed by atoms with van der Waals surface area (Å²) in [6.45, 7) is 4.08. The van der Waals surface area contributed by atoms with E-state index in [1.165, 1.54) is 15.8 Å². The topological polar surface area (TPSA) is 52.0 Å². The first kappa shape index (κ1) is 15.4. The van der Waals surface area contributed by atoms with Crippen LogP contribution in [0, 0.1) is 13.8 Å². The van der Waals surface area contributed by atoms with Gasteiger partial charge >= 0.3 is 0 Å². The number of halogens is 1. The summed E-state index contributed by atoms with van der Waals surface area (Å²) in [7, 11) is 1.61. The zero-order valence-electron chi connectivity index (χ0n) is 12.3. The Labute approximate surface area is 128 Å². The number of hydrogen-bond acceptors (Lipinski definition) is 3. The molecule has 0 saturated heterocycles. The minimum absolute atomic E-state index is 0.146. The van der Waals surface area contributed by atoms with Crippen LogP contribution in [0.4, 0.5) is 0 Å². The van der Waals surface area contributed by atoms with Gasteiger partial charge in [-0.2, -0.15) is 5.10 Å². The number of aryl methyl sites for hydroxylation is 4. The Morgan fingerprint density at radius 3 is 2.57 bits per heavy atom. The van der Waals surface area contributed by atoms with Crippen LogP contribution in [0.3, 0.4) is 0 Å². The van der Waals surface area contributed by atoms with Gasteiger partial charge in [0.15, 0.2) is 0 Å². The number of benzene rings is 1. The molecule has 0 radical (unpaired) electrons. The summed E-state index contributed by atoms with van der Waals surface area (Å²) in [6, 6.07) is 7.79. The molecule has 0 atom stereocenters. The van der Waals surface area contributed by atoms with Crippen LogP contribution in [-0.2, 0) is 18.3 Å². The Morgan fingerprint density at radius 1 is 1.24 bits per heavy atom. The monoisotopic (exact) mass is 304 g/mol. The molecule has 0 N–H and O–H groups in total. The van der Waals surface area contributed by atoms with Crippen LogP contribution >= 0.6 is 11.6 Å². The molecular formula is C16H17ClN2O2. The number of carbonyl (C=O) groups excluding carboxylic acids is 1. The van der Waals surface area contributed by atoms with E-state index < -0.39 is 5.24 Å². The second-order valence-corrected chi connectivity index (χ2v) is 5.56. The van der Waals surface area contributed by atoms with Crippen molar-refractivity contribution in [3.63, 3.8) is 0 Å². The highest BCUT2D eigenvalue weighted by Gasteiger charge is 2.10. The third-order valence-corrected chi connectivity index (χ3v) is 3.72. The van der Waals surface area contributed by atoms with Gasteiger partial charge < -0.3 is 0 Å². The van der Waals surface area contributed by atoms with E-state index in [0.717, 1.165) is 11.3 Å². The summed E-state index contributed by atoms with van der Waals surface area (Å²) >= 11 is 5.35. The van der Waals surface area contributed by atoms with Gasteiger partial charge in [-0.1, -0.05) is 12.1 Å². The first-order chi connectivity index (χ1) is 9.88. The second-order valence-electron chi connectivity index (χ2n) is 5.14. The standard InChI is InChI=1S/C16H17ClN2O2/c1-10-4-5-12(8-11(10)2)14-9-13(6-7-15(17)20)16(21)19(3)18-14/h4-5,8-9H,6-7H2,1-3H3. The number of rotatable bonds is 4. The summed E-state index contributed by atoms with van der Waals surface area (Å²) in [6.07, 6.45) is 0.475. The molecule has 110 valence electrons. The van der Waals surface area contributed by atoms with E-state index in [1.807, 2.05) is 32.0 Å². The predicted octanol–water partition coefficient (Wildman–Crippen LogP) is 2.76. The first-order valence-electron chi connectivity index (χ1n) is 6.71. The molecule has 0 unspecified atom stereocenters. The summed E-state index contributed by atoms with van der Waals surface area (Å²) in [4.78, 5) is 22.9. The molecule has 2 rings (SSSR count). The molecule has 21 heavy (non-hydrogen) atoms. The fourth-order valence-corrected chi connectivity index (χ4v) is 2.22. The van der Waals surface area contributed by atoms with Gasteiger partial charge in [0.25, 0.3) is 5.56 Å². The molecule has 0 spiro atoms. The number of carbonyl (C=O) groups is 1. The predicted molar refractivity (Wildman–Crippen MR) is 83.6 cm³/mol. The van der Waals surface area contributed by atoms with Crippen molar-refractivity contribution >= 4 is 16.8 Å². The Kier molecular flexibility index (Phi) is 4.58. The highest BCUT2D eigenvalue weighted by molar-refractivity contribution is 6.63. The van der Waals surface area contributed by atoms with Crippen molar-refractivity contribution in [1.29, 1.82) is 0 Å². The van der Waals surface area contributed by atoms with Crippen LogP contribution in [0.1, 0.15) is 23.1 Å². The van der Waals surface area contributed by atoms with Crippen molar-refractivity contribution in [2.75, 3.05) is 0 Å². The highest BCUT2D eigenvalue weighted by atomic mass is 35.5. The van der Waals surface area contributed by atoms with E-state index >= 15 is 0 Å². The fraction of sp³-hybridized carbons (Fsp3) is 0.312. The molecule has 1 aromatic heterocycles. The molecule has 0 aliphatic rings. The summed E-state index contributed by atoms with van der Waals surface area (Å²) < 4.78 is 1.30. The van der Waals surface area contributed by atoms with Crippen molar-refractivity contribution < 1.29 is 4.79 Å². The Bertz CT molecular complexity index is 750. The van der Waals surface area contributed by atoms with E-state index in [0.29, 0.717) is 12.0 Å². The zero-order valence-corrected chi connectivity index (χ0v) is 13.1. The highest BCUT2D eigenvalue weighted by Crippen LogP contribution is 2.20. The zero-order chi connectivity index (χ0) is 15.6. The smallest absolute Gasteiger partial charge is 0.269 e. The Hall–Kier alpha value is -1.94. The molecule has 0 amide bonds. The van der Waals surface area contributed by atoms with Crippen molar-refractivity contribution in [3.05, 3.63) is 51.3 Å². The van der Waals surface area contributed by atoms with Crippen LogP contribution in [0.5, 0.6) is 0 Å². The second kappa shape index (κ2) is 6.22. The van der Waals surface area contributed by atoms with Crippen LogP contribution in [-0.4, -0.2) is 15.0 Å². The average molecular weight is 305 g/mol. The fourth-order valence-electron chi connectivity index (χ4n) is 2.12. The average Bonchev–Trinajstić information content (AvgIpc) is 2.43. The van der Waals surface area contributed by atoms with E-state index in [4.69, 9.17) is 11.6 Å². The lowest BCUT2D eigenvalue weighted by Crippen LogP contribution is -2.24. The largest absolute Gasteiger partial charge is 0.281 e. The minimum Gasteiger partial charge on any atom is -0.281 e.